The van der Waals surface area contributed by atoms with Crippen LogP contribution in [0.1, 0.15) is 48.9 Å². The number of benzene rings is 3. The standard InChI is InChI=1S/C33H39F3N2O5S/c1-32(2,19-23-16-25-6-4-5-7-26(25)17-23)37-20-28(39)21-38(3)44(42,43)30-14-13-27(18-29(30)33(34,35)36)24-11-8-22(9-12-24)10-15-31(40)41/h4-9,11-14,18,23,28,37,39H,10,15-17,19-21H2,1-3H3,(H,40,41). The third-order valence-corrected chi connectivity index (χ3v) is 9.99. The number of fused-ring (bicyclic) bond motifs is 1. The normalized spacial score (nSPS) is 15.0. The molecule has 0 saturated heterocycles. The fourth-order valence-corrected chi connectivity index (χ4v) is 7.28. The lowest BCUT2D eigenvalue weighted by atomic mass is 9.88. The van der Waals surface area contributed by atoms with Gasteiger partial charge >= 0.3 is 12.1 Å². The monoisotopic (exact) mass is 632 g/mol. The van der Waals surface area contributed by atoms with Gasteiger partial charge in [0.2, 0.25) is 10.0 Å². The highest BCUT2D eigenvalue weighted by atomic mass is 32.2. The lowest BCUT2D eigenvalue weighted by Crippen LogP contribution is -2.47. The van der Waals surface area contributed by atoms with E-state index in [1.165, 1.54) is 17.2 Å². The zero-order valence-electron chi connectivity index (χ0n) is 25.1. The van der Waals surface area contributed by atoms with Gasteiger partial charge in [0.25, 0.3) is 0 Å². The number of carboxylic acids is 1. The first-order valence-electron chi connectivity index (χ1n) is 14.5. The summed E-state index contributed by atoms with van der Waals surface area (Å²) in [6.07, 6.45) is -3.11. The smallest absolute Gasteiger partial charge is 0.417 e. The molecule has 1 unspecified atom stereocenters. The Morgan fingerprint density at radius 1 is 1.00 bits per heavy atom. The number of carboxylic acid groups (broad SMARTS) is 1. The maximum atomic E-state index is 14.1. The summed E-state index contributed by atoms with van der Waals surface area (Å²) in [5, 5.41) is 22.8. The van der Waals surface area contributed by atoms with Gasteiger partial charge in [-0.1, -0.05) is 54.6 Å². The van der Waals surface area contributed by atoms with Gasteiger partial charge in [0.15, 0.2) is 0 Å². The topological polar surface area (TPSA) is 107 Å². The molecule has 3 N–H and O–H groups in total. The third-order valence-electron chi connectivity index (χ3n) is 8.11. The molecule has 1 aliphatic carbocycles. The molecule has 238 valence electrons. The SMILES string of the molecule is CN(CC(O)CNC(C)(C)CC1Cc2ccccc2C1)S(=O)(=O)c1ccc(-c2ccc(CCC(=O)O)cc2)cc1C(F)(F)F. The molecular weight excluding hydrogens is 593 g/mol. The molecule has 0 bridgehead atoms. The number of likely N-dealkylation sites (N-methyl/N-ethyl adjacent to an activating group) is 1. The predicted molar refractivity (Wildman–Crippen MR) is 163 cm³/mol. The summed E-state index contributed by atoms with van der Waals surface area (Å²) in [6, 6.07) is 17.8. The van der Waals surface area contributed by atoms with Gasteiger partial charge in [-0.05, 0) is 85.4 Å². The Balaban J connectivity index is 1.41. The van der Waals surface area contributed by atoms with Crippen molar-refractivity contribution < 1.29 is 36.6 Å². The first-order chi connectivity index (χ1) is 20.5. The van der Waals surface area contributed by atoms with Crippen molar-refractivity contribution in [2.75, 3.05) is 20.1 Å². The average molecular weight is 633 g/mol. The summed E-state index contributed by atoms with van der Waals surface area (Å²) in [4.78, 5) is 9.91. The minimum Gasteiger partial charge on any atom is -0.481 e. The van der Waals surface area contributed by atoms with Crippen molar-refractivity contribution in [2.45, 2.75) is 68.7 Å². The van der Waals surface area contributed by atoms with Crippen molar-refractivity contribution in [1.29, 1.82) is 0 Å². The van der Waals surface area contributed by atoms with E-state index in [9.17, 15) is 31.5 Å². The molecule has 0 heterocycles. The maximum absolute atomic E-state index is 14.1. The van der Waals surface area contributed by atoms with E-state index in [0.29, 0.717) is 17.0 Å². The summed E-state index contributed by atoms with van der Waals surface area (Å²) in [5.41, 5.74) is 2.35. The number of nitrogens with zero attached hydrogens (tertiary/aromatic N) is 1. The molecule has 0 aromatic heterocycles. The number of rotatable bonds is 13. The summed E-state index contributed by atoms with van der Waals surface area (Å²) in [7, 11) is -3.45. The van der Waals surface area contributed by atoms with Crippen molar-refractivity contribution in [2.24, 2.45) is 5.92 Å². The third kappa shape index (κ3) is 8.47. The van der Waals surface area contributed by atoms with E-state index in [4.69, 9.17) is 5.11 Å². The number of nitrogens with one attached hydrogen (secondary N) is 1. The average Bonchev–Trinajstić information content (AvgIpc) is 3.36. The number of carbonyl (C=O) groups is 1. The second-order valence-electron chi connectivity index (χ2n) is 12.3. The van der Waals surface area contributed by atoms with Gasteiger partial charge < -0.3 is 15.5 Å². The van der Waals surface area contributed by atoms with E-state index in [2.05, 4.69) is 17.4 Å². The predicted octanol–water partition coefficient (Wildman–Crippen LogP) is 5.54. The number of aliphatic carboxylic acids is 1. The largest absolute Gasteiger partial charge is 0.481 e. The highest BCUT2D eigenvalue weighted by Crippen LogP contribution is 2.38. The first-order valence-corrected chi connectivity index (χ1v) is 16.0. The molecule has 3 aromatic rings. The molecule has 0 aliphatic heterocycles. The van der Waals surface area contributed by atoms with Crippen molar-refractivity contribution in [3.8, 4) is 11.1 Å². The number of aliphatic hydroxyl groups excluding tert-OH is 1. The van der Waals surface area contributed by atoms with Gasteiger partial charge in [0.05, 0.1) is 16.6 Å². The van der Waals surface area contributed by atoms with Crippen LogP contribution >= 0.6 is 0 Å². The summed E-state index contributed by atoms with van der Waals surface area (Å²) in [5.74, 6) is -0.516. The number of sulfonamides is 1. The number of alkyl halides is 3. The summed E-state index contributed by atoms with van der Waals surface area (Å²) in [6.45, 7) is 3.71. The highest BCUT2D eigenvalue weighted by Gasteiger charge is 2.39. The van der Waals surface area contributed by atoms with E-state index in [1.54, 1.807) is 24.3 Å². The van der Waals surface area contributed by atoms with Crippen molar-refractivity contribution in [1.82, 2.24) is 9.62 Å². The Bertz CT molecular complexity index is 1550. The van der Waals surface area contributed by atoms with Crippen LogP contribution in [-0.4, -0.2) is 60.7 Å². The number of aliphatic hydroxyl groups is 1. The van der Waals surface area contributed by atoms with Crippen LogP contribution in [0, 0.1) is 5.92 Å². The molecule has 1 atom stereocenters. The molecular formula is C33H39F3N2O5S. The zero-order chi connectivity index (χ0) is 32.3. The lowest BCUT2D eigenvalue weighted by Gasteiger charge is -2.31. The van der Waals surface area contributed by atoms with Gasteiger partial charge in [-0.15, -0.1) is 0 Å². The lowest BCUT2D eigenvalue weighted by molar-refractivity contribution is -0.140. The van der Waals surface area contributed by atoms with Gasteiger partial charge in [-0.25, -0.2) is 8.42 Å². The minimum absolute atomic E-state index is 0.0695. The van der Waals surface area contributed by atoms with Crippen LogP contribution in [-0.2, 0) is 40.3 Å². The fraction of sp³-hybridized carbons (Fsp3) is 0.424. The van der Waals surface area contributed by atoms with E-state index in [-0.39, 0.29) is 30.5 Å². The Hall–Kier alpha value is -3.25. The fourth-order valence-electron chi connectivity index (χ4n) is 5.88. The van der Waals surface area contributed by atoms with Gasteiger partial charge in [0, 0.05) is 32.1 Å². The van der Waals surface area contributed by atoms with Gasteiger partial charge in [-0.3, -0.25) is 4.79 Å². The molecule has 0 radical (unpaired) electrons. The van der Waals surface area contributed by atoms with E-state index >= 15 is 0 Å². The number of aryl methyl sites for hydroxylation is 1. The van der Waals surface area contributed by atoms with Crippen LogP contribution in [0.25, 0.3) is 11.1 Å². The second-order valence-corrected chi connectivity index (χ2v) is 14.3. The quantitative estimate of drug-likeness (QED) is 0.228. The zero-order valence-corrected chi connectivity index (χ0v) is 25.9. The number of hydrogen-bond donors (Lipinski definition) is 3. The van der Waals surface area contributed by atoms with Crippen molar-refractivity contribution in [3.63, 3.8) is 0 Å². The second kappa shape index (κ2) is 13.4. The van der Waals surface area contributed by atoms with Crippen LogP contribution in [0.4, 0.5) is 13.2 Å². The molecule has 3 aromatic carbocycles. The Morgan fingerprint density at radius 3 is 2.16 bits per heavy atom. The number of hydrogen-bond acceptors (Lipinski definition) is 5. The van der Waals surface area contributed by atoms with Crippen LogP contribution in [0.2, 0.25) is 0 Å². The van der Waals surface area contributed by atoms with Crippen LogP contribution in [0.3, 0.4) is 0 Å². The molecule has 44 heavy (non-hydrogen) atoms. The minimum atomic E-state index is -4.95. The van der Waals surface area contributed by atoms with Crippen LogP contribution in [0.5, 0.6) is 0 Å². The van der Waals surface area contributed by atoms with Crippen molar-refractivity contribution in [3.05, 3.63) is 89.0 Å². The molecule has 0 spiro atoms. The number of β-amino-alcohol motifs (C(OH)–C–C–N with tert-alkyl or cyclic N) is 1. The molecule has 11 heteroatoms. The summed E-state index contributed by atoms with van der Waals surface area (Å²) >= 11 is 0. The van der Waals surface area contributed by atoms with Crippen LogP contribution < -0.4 is 5.32 Å². The van der Waals surface area contributed by atoms with Crippen molar-refractivity contribution >= 4 is 16.0 Å². The van der Waals surface area contributed by atoms with Gasteiger partial charge in [0.1, 0.15) is 0 Å². The molecule has 1 aliphatic rings. The molecule has 0 saturated carbocycles. The molecule has 0 amide bonds. The van der Waals surface area contributed by atoms with E-state index in [1.807, 2.05) is 26.0 Å². The van der Waals surface area contributed by atoms with E-state index in [0.717, 1.165) is 42.7 Å². The van der Waals surface area contributed by atoms with E-state index < -0.39 is 45.3 Å². The first kappa shape index (κ1) is 33.6. The van der Waals surface area contributed by atoms with Gasteiger partial charge in [-0.2, -0.15) is 17.5 Å². The number of halogens is 3. The van der Waals surface area contributed by atoms with Crippen LogP contribution in [0.15, 0.2) is 71.6 Å². The molecule has 4 rings (SSSR count). The summed E-state index contributed by atoms with van der Waals surface area (Å²) < 4.78 is 69.9. The Morgan fingerprint density at radius 2 is 1.59 bits per heavy atom. The highest BCUT2D eigenvalue weighted by molar-refractivity contribution is 7.89. The maximum Gasteiger partial charge on any atom is 0.417 e. The molecule has 0 fully saturated rings. The Kier molecular flexibility index (Phi) is 10.2. The Labute approximate surface area is 256 Å². The molecule has 7 nitrogen and oxygen atoms in total.